The number of benzene rings is 1. The van der Waals surface area contributed by atoms with Crippen LogP contribution in [0, 0.1) is 10.1 Å². The van der Waals surface area contributed by atoms with Crippen LogP contribution in [0.5, 0.6) is 0 Å². The van der Waals surface area contributed by atoms with Gasteiger partial charge >= 0.3 is 0 Å². The van der Waals surface area contributed by atoms with E-state index in [1.54, 1.807) is 18.2 Å². The minimum absolute atomic E-state index is 0.0780. The maximum atomic E-state index is 10.9. The van der Waals surface area contributed by atoms with E-state index < -0.39 is 4.92 Å². The van der Waals surface area contributed by atoms with Crippen LogP contribution in [0.25, 0.3) is 0 Å². The van der Waals surface area contributed by atoms with Gasteiger partial charge in [0.25, 0.3) is 5.69 Å². The summed E-state index contributed by atoms with van der Waals surface area (Å²) in [6.45, 7) is 0.516. The first kappa shape index (κ1) is 13.4. The SMILES string of the molecule is O=[N+]([O-])c1ccccc1NCC1=CC=C(Cl)CC=C1. The maximum absolute atomic E-state index is 10.9. The number of nitro benzene ring substituents is 1. The van der Waals surface area contributed by atoms with Crippen LogP contribution in [0.15, 0.2) is 59.2 Å². The second-order valence-corrected chi connectivity index (χ2v) is 4.57. The highest BCUT2D eigenvalue weighted by Gasteiger charge is 2.11. The van der Waals surface area contributed by atoms with Crippen molar-refractivity contribution in [1.29, 1.82) is 0 Å². The molecule has 1 aliphatic rings. The van der Waals surface area contributed by atoms with E-state index in [1.807, 2.05) is 24.3 Å². The number of nitro groups is 1. The van der Waals surface area contributed by atoms with E-state index in [2.05, 4.69) is 5.32 Å². The Labute approximate surface area is 116 Å². The average Bonchev–Trinajstić information content (AvgIpc) is 2.61. The second-order valence-electron chi connectivity index (χ2n) is 4.09. The van der Waals surface area contributed by atoms with Gasteiger partial charge < -0.3 is 5.32 Å². The molecule has 0 unspecified atom stereocenters. The van der Waals surface area contributed by atoms with Gasteiger partial charge in [0.05, 0.1) is 4.92 Å². The van der Waals surface area contributed by atoms with Crippen molar-refractivity contribution >= 4 is 23.0 Å². The number of hydrogen-bond donors (Lipinski definition) is 1. The highest BCUT2D eigenvalue weighted by Crippen LogP contribution is 2.23. The van der Waals surface area contributed by atoms with Crippen LogP contribution in [0.2, 0.25) is 0 Å². The third kappa shape index (κ3) is 3.69. The summed E-state index contributed by atoms with van der Waals surface area (Å²) < 4.78 is 0. The number of allylic oxidation sites excluding steroid dienone is 4. The third-order valence-electron chi connectivity index (χ3n) is 2.71. The zero-order chi connectivity index (χ0) is 13.7. The minimum atomic E-state index is -0.392. The van der Waals surface area contributed by atoms with Gasteiger partial charge in [-0.2, -0.15) is 0 Å². The Balaban J connectivity index is 2.09. The molecule has 0 saturated carbocycles. The molecule has 98 valence electrons. The maximum Gasteiger partial charge on any atom is 0.292 e. The van der Waals surface area contributed by atoms with Crippen LogP contribution < -0.4 is 5.32 Å². The zero-order valence-electron chi connectivity index (χ0n) is 10.2. The molecule has 0 aromatic heterocycles. The standard InChI is InChI=1S/C14H13ClN2O2/c15-12-5-3-4-11(8-9-12)10-16-13-6-1-2-7-14(13)17(18)19/h1-4,6-9,16H,5,10H2. The van der Waals surface area contributed by atoms with Crippen molar-refractivity contribution in [3.8, 4) is 0 Å². The van der Waals surface area contributed by atoms with E-state index in [9.17, 15) is 10.1 Å². The Morgan fingerprint density at radius 3 is 2.89 bits per heavy atom. The molecule has 4 nitrogen and oxygen atoms in total. The molecule has 19 heavy (non-hydrogen) atoms. The lowest BCUT2D eigenvalue weighted by Gasteiger charge is -2.07. The zero-order valence-corrected chi connectivity index (χ0v) is 10.9. The summed E-state index contributed by atoms with van der Waals surface area (Å²) in [6.07, 6.45) is 8.41. The van der Waals surface area contributed by atoms with E-state index in [1.165, 1.54) is 6.07 Å². The van der Waals surface area contributed by atoms with Gasteiger partial charge in [-0.15, -0.1) is 0 Å². The lowest BCUT2D eigenvalue weighted by atomic mass is 10.2. The van der Waals surface area contributed by atoms with Gasteiger partial charge in [-0.3, -0.25) is 10.1 Å². The lowest BCUT2D eigenvalue weighted by Crippen LogP contribution is -2.05. The van der Waals surface area contributed by atoms with Crippen molar-refractivity contribution < 1.29 is 4.92 Å². The Bertz CT molecular complexity index is 577. The van der Waals surface area contributed by atoms with Crippen LogP contribution in [-0.2, 0) is 0 Å². The molecule has 0 fully saturated rings. The number of para-hydroxylation sites is 2. The molecule has 0 atom stereocenters. The van der Waals surface area contributed by atoms with Gasteiger partial charge in [0.15, 0.2) is 0 Å². The summed E-state index contributed by atoms with van der Waals surface area (Å²) in [6, 6.07) is 6.60. The van der Waals surface area contributed by atoms with Gasteiger partial charge in [0, 0.05) is 24.1 Å². The summed E-state index contributed by atoms with van der Waals surface area (Å²) in [5, 5.41) is 14.7. The van der Waals surface area contributed by atoms with Gasteiger partial charge in [-0.25, -0.2) is 0 Å². The Morgan fingerprint density at radius 2 is 2.11 bits per heavy atom. The van der Waals surface area contributed by atoms with Crippen molar-refractivity contribution in [2.45, 2.75) is 6.42 Å². The predicted octanol–water partition coefficient (Wildman–Crippen LogP) is 4.02. The monoisotopic (exact) mass is 276 g/mol. The largest absolute Gasteiger partial charge is 0.375 e. The summed E-state index contributed by atoms with van der Waals surface area (Å²) in [5.41, 5.74) is 1.62. The van der Waals surface area contributed by atoms with Crippen LogP contribution >= 0.6 is 11.6 Å². The third-order valence-corrected chi connectivity index (χ3v) is 2.99. The van der Waals surface area contributed by atoms with E-state index >= 15 is 0 Å². The van der Waals surface area contributed by atoms with E-state index in [-0.39, 0.29) is 5.69 Å². The van der Waals surface area contributed by atoms with Crippen LogP contribution in [0.3, 0.4) is 0 Å². The number of hydrogen-bond acceptors (Lipinski definition) is 3. The van der Waals surface area contributed by atoms with Gasteiger partial charge in [0.1, 0.15) is 5.69 Å². The Morgan fingerprint density at radius 1 is 1.32 bits per heavy atom. The highest BCUT2D eigenvalue weighted by molar-refractivity contribution is 6.29. The smallest absolute Gasteiger partial charge is 0.292 e. The molecular weight excluding hydrogens is 264 g/mol. The number of rotatable bonds is 4. The van der Waals surface area contributed by atoms with Crippen molar-refractivity contribution in [3.05, 3.63) is 69.3 Å². The van der Waals surface area contributed by atoms with Crippen molar-refractivity contribution in [1.82, 2.24) is 0 Å². The van der Waals surface area contributed by atoms with Crippen LogP contribution in [-0.4, -0.2) is 11.5 Å². The van der Waals surface area contributed by atoms with Crippen molar-refractivity contribution in [3.63, 3.8) is 0 Å². The molecule has 2 rings (SSSR count). The molecule has 1 aliphatic carbocycles. The minimum Gasteiger partial charge on any atom is -0.375 e. The molecular formula is C14H13ClN2O2. The summed E-state index contributed by atoms with van der Waals surface area (Å²) in [4.78, 5) is 10.5. The highest BCUT2D eigenvalue weighted by atomic mass is 35.5. The summed E-state index contributed by atoms with van der Waals surface area (Å²) in [7, 11) is 0. The molecule has 0 amide bonds. The van der Waals surface area contributed by atoms with E-state index in [0.29, 0.717) is 18.7 Å². The molecule has 0 saturated heterocycles. The van der Waals surface area contributed by atoms with E-state index in [0.717, 1.165) is 10.6 Å². The topological polar surface area (TPSA) is 55.2 Å². The first-order chi connectivity index (χ1) is 9.16. The first-order valence-corrected chi connectivity index (χ1v) is 6.23. The van der Waals surface area contributed by atoms with Crippen molar-refractivity contribution in [2.75, 3.05) is 11.9 Å². The lowest BCUT2D eigenvalue weighted by molar-refractivity contribution is -0.383. The second kappa shape index (κ2) is 6.20. The van der Waals surface area contributed by atoms with Gasteiger partial charge in [-0.05, 0) is 17.7 Å². The number of halogens is 1. The summed E-state index contributed by atoms with van der Waals surface area (Å²) in [5.74, 6) is 0. The number of nitrogens with one attached hydrogen (secondary N) is 1. The first-order valence-electron chi connectivity index (χ1n) is 5.86. The quantitative estimate of drug-likeness (QED) is 0.667. The molecule has 0 spiro atoms. The molecule has 0 aliphatic heterocycles. The van der Waals surface area contributed by atoms with Crippen molar-refractivity contribution in [2.24, 2.45) is 0 Å². The normalized spacial score (nSPS) is 14.4. The van der Waals surface area contributed by atoms with E-state index in [4.69, 9.17) is 11.6 Å². The fourth-order valence-electron chi connectivity index (χ4n) is 1.74. The Kier molecular flexibility index (Phi) is 4.36. The number of anilines is 1. The average molecular weight is 277 g/mol. The molecule has 0 heterocycles. The van der Waals surface area contributed by atoms with Gasteiger partial charge in [0.2, 0.25) is 0 Å². The number of nitrogens with zero attached hydrogens (tertiary/aromatic N) is 1. The fraction of sp³-hybridized carbons (Fsp3) is 0.143. The predicted molar refractivity (Wildman–Crippen MR) is 77.4 cm³/mol. The molecule has 5 heteroatoms. The Hall–Kier alpha value is -2.07. The van der Waals surface area contributed by atoms with Crippen LogP contribution in [0.1, 0.15) is 6.42 Å². The van der Waals surface area contributed by atoms with Gasteiger partial charge in [-0.1, -0.05) is 42.0 Å². The van der Waals surface area contributed by atoms with Crippen LogP contribution in [0.4, 0.5) is 11.4 Å². The molecule has 1 N–H and O–H groups in total. The fourth-order valence-corrected chi connectivity index (χ4v) is 1.89. The molecule has 1 aromatic carbocycles. The molecule has 0 radical (unpaired) electrons. The molecule has 1 aromatic rings. The molecule has 0 bridgehead atoms. The summed E-state index contributed by atoms with van der Waals surface area (Å²) >= 11 is 5.93.